The molecule has 0 unspecified atom stereocenters. The lowest BCUT2D eigenvalue weighted by molar-refractivity contribution is -0.132. The zero-order chi connectivity index (χ0) is 23.0. The molecule has 1 amide bonds. The molecule has 0 radical (unpaired) electrons. The molecule has 0 spiro atoms. The number of ketones is 1. The second kappa shape index (κ2) is 8.39. The quantitative estimate of drug-likeness (QED) is 0.356. The second-order valence-corrected chi connectivity index (χ2v) is 8.05. The molecule has 2 heterocycles. The maximum Gasteiger partial charge on any atom is 0.301 e. The summed E-state index contributed by atoms with van der Waals surface area (Å²) in [5.41, 5.74) is 0.531. The Morgan fingerprint density at radius 1 is 1.06 bits per heavy atom. The van der Waals surface area contributed by atoms with Crippen molar-refractivity contribution in [1.29, 1.82) is 0 Å². The fraction of sp³-hybridized carbons (Fsp3) is 0.182. The number of aryl methyl sites for hydroxylation is 1. The van der Waals surface area contributed by atoms with E-state index in [-0.39, 0.29) is 16.3 Å². The van der Waals surface area contributed by atoms with E-state index in [4.69, 9.17) is 9.47 Å². The molecule has 4 rings (SSSR count). The van der Waals surface area contributed by atoms with Crippen molar-refractivity contribution in [3.05, 3.63) is 70.0 Å². The number of amides is 1. The molecule has 32 heavy (non-hydrogen) atoms. The zero-order valence-corrected chi connectivity index (χ0v) is 18.1. The largest absolute Gasteiger partial charge is 0.507 e. The third kappa shape index (κ3) is 3.58. The molecular formula is C22H18FN3O5S. The van der Waals surface area contributed by atoms with Gasteiger partial charge >= 0.3 is 5.91 Å². The van der Waals surface area contributed by atoms with Crippen molar-refractivity contribution in [2.75, 3.05) is 19.1 Å². The molecule has 0 aliphatic carbocycles. The van der Waals surface area contributed by atoms with E-state index in [0.29, 0.717) is 22.1 Å². The summed E-state index contributed by atoms with van der Waals surface area (Å²) in [6.07, 6.45) is 0. The summed E-state index contributed by atoms with van der Waals surface area (Å²) in [4.78, 5) is 27.3. The third-order valence-electron chi connectivity index (χ3n) is 5.01. The van der Waals surface area contributed by atoms with E-state index in [2.05, 4.69) is 10.2 Å². The Kier molecular flexibility index (Phi) is 5.62. The van der Waals surface area contributed by atoms with Crippen LogP contribution in [-0.2, 0) is 9.59 Å². The van der Waals surface area contributed by atoms with E-state index in [0.717, 1.165) is 23.5 Å². The summed E-state index contributed by atoms with van der Waals surface area (Å²) in [6.45, 7) is 1.72. The number of anilines is 1. The van der Waals surface area contributed by atoms with Crippen molar-refractivity contribution in [3.63, 3.8) is 0 Å². The highest BCUT2D eigenvalue weighted by Crippen LogP contribution is 2.44. The van der Waals surface area contributed by atoms with Gasteiger partial charge in [-0.25, -0.2) is 4.39 Å². The van der Waals surface area contributed by atoms with Crippen LogP contribution in [0.5, 0.6) is 11.5 Å². The van der Waals surface area contributed by atoms with Gasteiger partial charge in [-0.2, -0.15) is 0 Å². The monoisotopic (exact) mass is 455 g/mol. The Labute approximate surface area is 186 Å². The number of methoxy groups -OCH3 is 2. The molecule has 1 saturated heterocycles. The number of hydrogen-bond donors (Lipinski definition) is 1. The first-order valence-corrected chi connectivity index (χ1v) is 10.3. The molecule has 10 heteroatoms. The van der Waals surface area contributed by atoms with Gasteiger partial charge in [0.1, 0.15) is 16.6 Å². The average molecular weight is 455 g/mol. The Morgan fingerprint density at radius 2 is 1.75 bits per heavy atom. The van der Waals surface area contributed by atoms with E-state index in [1.165, 1.54) is 31.3 Å². The highest BCUT2D eigenvalue weighted by molar-refractivity contribution is 7.15. The third-order valence-corrected chi connectivity index (χ3v) is 5.84. The van der Waals surface area contributed by atoms with Crippen LogP contribution in [0.2, 0.25) is 0 Å². The van der Waals surface area contributed by atoms with Crippen LogP contribution in [0.15, 0.2) is 48.0 Å². The molecule has 1 fully saturated rings. The van der Waals surface area contributed by atoms with Crippen LogP contribution in [0.25, 0.3) is 5.76 Å². The number of hydrogen-bond acceptors (Lipinski definition) is 8. The number of carbonyl (C=O) groups excluding carboxylic acids is 2. The van der Waals surface area contributed by atoms with Crippen LogP contribution in [0.4, 0.5) is 9.52 Å². The predicted molar refractivity (Wildman–Crippen MR) is 115 cm³/mol. The Balaban J connectivity index is 1.95. The summed E-state index contributed by atoms with van der Waals surface area (Å²) in [5.74, 6) is -1.83. The normalized spacial score (nSPS) is 17.6. The van der Waals surface area contributed by atoms with Crippen molar-refractivity contribution < 1.29 is 28.6 Å². The van der Waals surface area contributed by atoms with E-state index in [1.54, 1.807) is 25.1 Å². The van der Waals surface area contributed by atoms with Gasteiger partial charge in [0, 0.05) is 5.56 Å². The maximum atomic E-state index is 13.4. The molecular weight excluding hydrogens is 437 g/mol. The van der Waals surface area contributed by atoms with Gasteiger partial charge in [0.25, 0.3) is 5.78 Å². The van der Waals surface area contributed by atoms with Gasteiger partial charge in [0.2, 0.25) is 5.13 Å². The average Bonchev–Trinajstić information content (AvgIpc) is 3.34. The Hall–Kier alpha value is -3.79. The summed E-state index contributed by atoms with van der Waals surface area (Å²) in [7, 11) is 2.95. The molecule has 1 aliphatic heterocycles. The van der Waals surface area contributed by atoms with Gasteiger partial charge in [-0.3, -0.25) is 14.5 Å². The number of aliphatic hydroxyl groups is 1. The van der Waals surface area contributed by atoms with Gasteiger partial charge in [0.15, 0.2) is 11.5 Å². The number of carbonyl (C=O) groups is 2. The summed E-state index contributed by atoms with van der Waals surface area (Å²) in [5, 5.41) is 19.8. The van der Waals surface area contributed by atoms with E-state index in [9.17, 15) is 19.1 Å². The van der Waals surface area contributed by atoms with Crippen LogP contribution in [0, 0.1) is 12.7 Å². The smallest absolute Gasteiger partial charge is 0.301 e. The minimum Gasteiger partial charge on any atom is -0.507 e. The lowest BCUT2D eigenvalue weighted by Gasteiger charge is -2.23. The van der Waals surface area contributed by atoms with E-state index >= 15 is 0 Å². The lowest BCUT2D eigenvalue weighted by atomic mass is 9.95. The Morgan fingerprint density at radius 3 is 2.34 bits per heavy atom. The Bertz CT molecular complexity index is 1240. The molecule has 3 aromatic rings. The first-order valence-electron chi connectivity index (χ1n) is 9.44. The van der Waals surface area contributed by atoms with Gasteiger partial charge in [0.05, 0.1) is 25.8 Å². The lowest BCUT2D eigenvalue weighted by Crippen LogP contribution is -2.29. The summed E-state index contributed by atoms with van der Waals surface area (Å²) < 4.78 is 24.0. The van der Waals surface area contributed by atoms with Crippen LogP contribution in [0.1, 0.15) is 22.2 Å². The van der Waals surface area contributed by atoms with E-state index < -0.39 is 29.3 Å². The second-order valence-electron chi connectivity index (χ2n) is 6.89. The molecule has 2 aromatic carbocycles. The fourth-order valence-corrected chi connectivity index (χ4v) is 4.23. The predicted octanol–water partition coefficient (Wildman–Crippen LogP) is 3.63. The number of rotatable bonds is 5. The maximum absolute atomic E-state index is 13.4. The van der Waals surface area contributed by atoms with Crippen molar-refractivity contribution in [2.45, 2.75) is 13.0 Å². The molecule has 0 bridgehead atoms. The van der Waals surface area contributed by atoms with Crippen molar-refractivity contribution in [2.24, 2.45) is 0 Å². The van der Waals surface area contributed by atoms with Crippen molar-refractivity contribution in [3.8, 4) is 11.5 Å². The minimum absolute atomic E-state index is 0.151. The van der Waals surface area contributed by atoms with Gasteiger partial charge in [-0.1, -0.05) is 17.4 Å². The number of aliphatic hydroxyl groups excluding tert-OH is 1. The van der Waals surface area contributed by atoms with Gasteiger partial charge in [-0.15, -0.1) is 10.2 Å². The van der Waals surface area contributed by atoms with E-state index in [1.807, 2.05) is 0 Å². The van der Waals surface area contributed by atoms with Crippen LogP contribution in [0.3, 0.4) is 0 Å². The number of Topliss-reactive ketones (excluding diaryl/α,β-unsaturated/α-hetero) is 1. The van der Waals surface area contributed by atoms with Crippen LogP contribution < -0.4 is 14.4 Å². The van der Waals surface area contributed by atoms with Gasteiger partial charge in [-0.05, 0) is 48.9 Å². The topological polar surface area (TPSA) is 102 Å². The molecule has 164 valence electrons. The van der Waals surface area contributed by atoms with Crippen LogP contribution in [-0.4, -0.2) is 41.2 Å². The molecule has 1 aromatic heterocycles. The first kappa shape index (κ1) is 21.4. The number of nitrogens with zero attached hydrogens (tertiary/aromatic N) is 3. The minimum atomic E-state index is -1.01. The zero-order valence-electron chi connectivity index (χ0n) is 17.3. The van der Waals surface area contributed by atoms with Crippen molar-refractivity contribution >= 4 is 33.9 Å². The molecule has 1 atom stereocenters. The molecule has 1 N–H and O–H groups in total. The summed E-state index contributed by atoms with van der Waals surface area (Å²) >= 11 is 1.14. The number of benzene rings is 2. The first-order chi connectivity index (χ1) is 15.3. The molecule has 1 aliphatic rings. The SMILES string of the molecule is COc1ccc([C@@H]2C(=C(O)c3ccc(F)cc3)C(=O)C(=O)N2c2nnc(C)s2)cc1OC. The standard InChI is InChI=1S/C22H18FN3O5S/c1-11-24-25-22(32-11)26-18(13-6-9-15(30-2)16(10-13)31-3)17(20(28)21(26)29)19(27)12-4-7-14(23)8-5-12/h4-10,18,27H,1-3H3/t18-/m1/s1. The van der Waals surface area contributed by atoms with Gasteiger partial charge < -0.3 is 14.6 Å². The molecule has 0 saturated carbocycles. The number of aromatic nitrogens is 2. The van der Waals surface area contributed by atoms with Crippen LogP contribution >= 0.6 is 11.3 Å². The highest BCUT2D eigenvalue weighted by Gasteiger charge is 2.48. The summed E-state index contributed by atoms with van der Waals surface area (Å²) in [6, 6.07) is 8.89. The van der Waals surface area contributed by atoms with Crippen molar-refractivity contribution in [1.82, 2.24) is 10.2 Å². The number of halogens is 1. The highest BCUT2D eigenvalue weighted by atomic mass is 32.1. The molecule has 8 nitrogen and oxygen atoms in total. The fourth-order valence-electron chi connectivity index (χ4n) is 3.51. The number of ether oxygens (including phenoxy) is 2.